The Balaban J connectivity index is 2.06. The highest BCUT2D eigenvalue weighted by molar-refractivity contribution is 5.26. The predicted octanol–water partition coefficient (Wildman–Crippen LogP) is 3.04. The third kappa shape index (κ3) is 3.58. The first-order chi connectivity index (χ1) is 9.04. The molecular weight excluding hydrogens is 232 g/mol. The van der Waals surface area contributed by atoms with Gasteiger partial charge in [-0.3, -0.25) is 0 Å². The molecule has 2 rings (SSSR count). The van der Waals surface area contributed by atoms with Gasteiger partial charge in [0.15, 0.2) is 0 Å². The van der Waals surface area contributed by atoms with E-state index >= 15 is 0 Å². The number of hydrogen-bond acceptors (Lipinski definition) is 2. The highest BCUT2D eigenvalue weighted by Gasteiger charge is 2.31. The molecule has 1 aromatic carbocycles. The van der Waals surface area contributed by atoms with Crippen molar-refractivity contribution in [2.75, 3.05) is 27.2 Å². The summed E-state index contributed by atoms with van der Waals surface area (Å²) >= 11 is 0. The van der Waals surface area contributed by atoms with Crippen LogP contribution in [-0.2, 0) is 6.42 Å². The van der Waals surface area contributed by atoms with Crippen LogP contribution in [0.2, 0.25) is 0 Å². The topological polar surface area (TPSA) is 15.3 Å². The smallest absolute Gasteiger partial charge is 0.0243 e. The molecule has 2 nitrogen and oxygen atoms in total. The molecule has 1 aromatic rings. The zero-order valence-electron chi connectivity index (χ0n) is 12.9. The molecule has 0 amide bonds. The van der Waals surface area contributed by atoms with Crippen molar-refractivity contribution in [3.05, 3.63) is 35.4 Å². The van der Waals surface area contributed by atoms with E-state index in [0.717, 1.165) is 6.42 Å². The Labute approximate surface area is 118 Å². The molecular formula is C17H28N2. The van der Waals surface area contributed by atoms with Crippen molar-refractivity contribution in [2.45, 2.75) is 44.6 Å². The van der Waals surface area contributed by atoms with Crippen molar-refractivity contribution >= 4 is 0 Å². The fourth-order valence-corrected chi connectivity index (χ4v) is 2.97. The van der Waals surface area contributed by atoms with E-state index in [4.69, 9.17) is 0 Å². The molecule has 0 radical (unpaired) electrons. The van der Waals surface area contributed by atoms with E-state index in [1.165, 1.54) is 37.1 Å². The Morgan fingerprint density at radius 2 is 1.74 bits per heavy atom. The minimum atomic E-state index is 0.297. The number of rotatable bonds is 4. The van der Waals surface area contributed by atoms with Crippen LogP contribution in [0.5, 0.6) is 0 Å². The van der Waals surface area contributed by atoms with E-state index in [0.29, 0.717) is 11.5 Å². The van der Waals surface area contributed by atoms with Gasteiger partial charge in [-0.25, -0.2) is 0 Å². The highest BCUT2D eigenvalue weighted by Crippen LogP contribution is 2.26. The van der Waals surface area contributed by atoms with Crippen LogP contribution >= 0.6 is 0 Å². The van der Waals surface area contributed by atoms with Crippen LogP contribution in [0.1, 0.15) is 43.7 Å². The molecule has 0 aliphatic carbocycles. The summed E-state index contributed by atoms with van der Waals surface area (Å²) < 4.78 is 0. The molecule has 1 N–H and O–H groups in total. The summed E-state index contributed by atoms with van der Waals surface area (Å²) in [7, 11) is 4.34. The second-order valence-corrected chi connectivity index (χ2v) is 6.41. The Morgan fingerprint density at radius 3 is 2.21 bits per heavy atom. The number of piperidine rings is 1. The quantitative estimate of drug-likeness (QED) is 0.895. The van der Waals surface area contributed by atoms with Gasteiger partial charge >= 0.3 is 0 Å². The lowest BCUT2D eigenvalue weighted by atomic mass is 9.82. The molecule has 0 bridgehead atoms. The van der Waals surface area contributed by atoms with Gasteiger partial charge in [-0.15, -0.1) is 0 Å². The third-order valence-electron chi connectivity index (χ3n) is 4.66. The Morgan fingerprint density at radius 1 is 1.16 bits per heavy atom. The van der Waals surface area contributed by atoms with Crippen molar-refractivity contribution in [1.29, 1.82) is 0 Å². The lowest BCUT2D eigenvalue weighted by Crippen LogP contribution is -2.52. The molecule has 0 unspecified atom stereocenters. The molecule has 19 heavy (non-hydrogen) atoms. The number of nitrogens with zero attached hydrogens (tertiary/aromatic N) is 1. The molecule has 106 valence electrons. The van der Waals surface area contributed by atoms with Gasteiger partial charge in [-0.2, -0.15) is 0 Å². The molecule has 0 saturated carbocycles. The SMILES string of the molecule is CNC1(Cc2ccc(C(C)C)cc2)CCN(C)CC1. The summed E-state index contributed by atoms with van der Waals surface area (Å²) in [5, 5.41) is 3.60. The summed E-state index contributed by atoms with van der Waals surface area (Å²) in [6.45, 7) is 6.90. The predicted molar refractivity (Wildman–Crippen MR) is 82.8 cm³/mol. The Hall–Kier alpha value is -0.860. The average molecular weight is 260 g/mol. The van der Waals surface area contributed by atoms with E-state index in [2.05, 4.69) is 62.4 Å². The summed E-state index contributed by atoms with van der Waals surface area (Å²) in [4.78, 5) is 2.43. The Kier molecular flexibility index (Phi) is 4.64. The summed E-state index contributed by atoms with van der Waals surface area (Å²) in [5.74, 6) is 0.621. The van der Waals surface area contributed by atoms with Crippen LogP contribution in [0.15, 0.2) is 24.3 Å². The van der Waals surface area contributed by atoms with Crippen LogP contribution in [0.25, 0.3) is 0 Å². The molecule has 1 aliphatic heterocycles. The number of benzene rings is 1. The summed E-state index contributed by atoms with van der Waals surface area (Å²) in [5.41, 5.74) is 3.19. The fraction of sp³-hybridized carbons (Fsp3) is 0.647. The fourth-order valence-electron chi connectivity index (χ4n) is 2.97. The largest absolute Gasteiger partial charge is 0.314 e. The minimum Gasteiger partial charge on any atom is -0.314 e. The maximum absolute atomic E-state index is 3.60. The third-order valence-corrected chi connectivity index (χ3v) is 4.66. The lowest BCUT2D eigenvalue weighted by molar-refractivity contribution is 0.163. The molecule has 1 saturated heterocycles. The van der Waals surface area contributed by atoms with E-state index < -0.39 is 0 Å². The van der Waals surface area contributed by atoms with Crippen LogP contribution in [0.4, 0.5) is 0 Å². The van der Waals surface area contributed by atoms with Crippen molar-refractivity contribution in [3.63, 3.8) is 0 Å². The van der Waals surface area contributed by atoms with Crippen molar-refractivity contribution in [2.24, 2.45) is 0 Å². The highest BCUT2D eigenvalue weighted by atomic mass is 15.1. The van der Waals surface area contributed by atoms with Crippen LogP contribution < -0.4 is 5.32 Å². The molecule has 2 heteroatoms. The lowest BCUT2D eigenvalue weighted by Gasteiger charge is -2.41. The molecule has 0 aromatic heterocycles. The second-order valence-electron chi connectivity index (χ2n) is 6.41. The monoisotopic (exact) mass is 260 g/mol. The summed E-state index contributed by atoms with van der Waals surface area (Å²) in [6.07, 6.45) is 3.63. The maximum Gasteiger partial charge on any atom is 0.0243 e. The first kappa shape index (κ1) is 14.5. The molecule has 1 aliphatic rings. The standard InChI is InChI=1S/C17H28N2/c1-14(2)16-7-5-15(6-8-16)13-17(18-3)9-11-19(4)12-10-17/h5-8,14,18H,9-13H2,1-4H3. The van der Waals surface area contributed by atoms with Crippen molar-refractivity contribution < 1.29 is 0 Å². The second kappa shape index (κ2) is 6.06. The minimum absolute atomic E-state index is 0.297. The molecule has 0 atom stereocenters. The zero-order valence-corrected chi connectivity index (χ0v) is 12.9. The van der Waals surface area contributed by atoms with Gasteiger partial charge < -0.3 is 10.2 Å². The zero-order chi connectivity index (χ0) is 13.9. The van der Waals surface area contributed by atoms with Crippen molar-refractivity contribution in [3.8, 4) is 0 Å². The molecule has 1 fully saturated rings. The number of likely N-dealkylation sites (tertiary alicyclic amines) is 1. The van der Waals surface area contributed by atoms with Crippen LogP contribution in [-0.4, -0.2) is 37.6 Å². The first-order valence-electron chi connectivity index (χ1n) is 7.51. The Bertz CT molecular complexity index is 386. The van der Waals surface area contributed by atoms with E-state index in [1.807, 2.05) is 0 Å². The number of hydrogen-bond donors (Lipinski definition) is 1. The van der Waals surface area contributed by atoms with Crippen LogP contribution in [0, 0.1) is 0 Å². The van der Waals surface area contributed by atoms with Gasteiger partial charge in [-0.1, -0.05) is 38.1 Å². The molecule has 0 spiro atoms. The van der Waals surface area contributed by atoms with E-state index in [1.54, 1.807) is 0 Å². The first-order valence-corrected chi connectivity index (χ1v) is 7.51. The average Bonchev–Trinajstić information content (AvgIpc) is 2.42. The van der Waals surface area contributed by atoms with Gasteiger partial charge in [0.1, 0.15) is 0 Å². The van der Waals surface area contributed by atoms with Crippen LogP contribution in [0.3, 0.4) is 0 Å². The van der Waals surface area contributed by atoms with E-state index in [9.17, 15) is 0 Å². The molecule has 1 heterocycles. The van der Waals surface area contributed by atoms with Gasteiger partial charge in [0.05, 0.1) is 0 Å². The van der Waals surface area contributed by atoms with Gasteiger partial charge in [0.25, 0.3) is 0 Å². The van der Waals surface area contributed by atoms with Crippen molar-refractivity contribution in [1.82, 2.24) is 10.2 Å². The van der Waals surface area contributed by atoms with E-state index in [-0.39, 0.29) is 0 Å². The normalized spacial score (nSPS) is 19.8. The maximum atomic E-state index is 3.60. The number of nitrogens with one attached hydrogen (secondary N) is 1. The number of likely N-dealkylation sites (N-methyl/N-ethyl adjacent to an activating group) is 1. The van der Waals surface area contributed by atoms with Gasteiger partial charge in [0.2, 0.25) is 0 Å². The van der Waals surface area contributed by atoms with Gasteiger partial charge in [-0.05, 0) is 63.5 Å². The summed E-state index contributed by atoms with van der Waals surface area (Å²) in [6, 6.07) is 9.20. The van der Waals surface area contributed by atoms with Gasteiger partial charge in [0, 0.05) is 5.54 Å².